The number of fused-ring (bicyclic) bond motifs is 13. The van der Waals surface area contributed by atoms with Gasteiger partial charge in [0, 0.05) is 78.2 Å². The van der Waals surface area contributed by atoms with Crippen molar-refractivity contribution in [3.8, 4) is 50.7 Å². The molecular formula is C85H70N5OPt-3. The number of anilines is 7. The van der Waals surface area contributed by atoms with E-state index < -0.39 is 5.41 Å². The Kier molecular flexibility index (Phi) is 14.0. The third kappa shape index (κ3) is 9.35. The molecule has 13 aromatic rings. The Hall–Kier alpha value is -9.74. The third-order valence-corrected chi connectivity index (χ3v) is 19.0. The molecule has 3 aliphatic rings. The van der Waals surface area contributed by atoms with Crippen LogP contribution in [0.5, 0.6) is 11.5 Å². The zero-order chi connectivity index (χ0) is 62.1. The number of hydrogen-bond acceptors (Lipinski definition) is 5. The second kappa shape index (κ2) is 22.0. The molecule has 0 bridgehead atoms. The fourth-order valence-electron chi connectivity index (χ4n) is 14.5. The maximum Gasteiger partial charge on any atom is 0.135 e. The van der Waals surface area contributed by atoms with Gasteiger partial charge in [0.15, 0.2) is 0 Å². The minimum absolute atomic E-state index is 0. The van der Waals surface area contributed by atoms with Gasteiger partial charge in [0.25, 0.3) is 0 Å². The van der Waals surface area contributed by atoms with Gasteiger partial charge in [0.1, 0.15) is 5.82 Å². The van der Waals surface area contributed by atoms with E-state index in [0.717, 1.165) is 67.2 Å². The molecule has 0 N–H and O–H groups in total. The summed E-state index contributed by atoms with van der Waals surface area (Å²) in [5.41, 5.74) is 24.4. The summed E-state index contributed by atoms with van der Waals surface area (Å²) in [7, 11) is 0. The van der Waals surface area contributed by atoms with E-state index in [1.807, 2.05) is 18.3 Å². The van der Waals surface area contributed by atoms with Crippen molar-refractivity contribution in [3.05, 3.63) is 313 Å². The van der Waals surface area contributed by atoms with E-state index >= 15 is 0 Å². The summed E-state index contributed by atoms with van der Waals surface area (Å²) < 4.78 is 9.05. The number of aromatic nitrogens is 2. The molecule has 6 nitrogen and oxygen atoms in total. The average molecular weight is 1370 g/mol. The van der Waals surface area contributed by atoms with Crippen molar-refractivity contribution in [2.45, 2.75) is 84.0 Å². The van der Waals surface area contributed by atoms with Crippen LogP contribution < -0.4 is 19.4 Å². The van der Waals surface area contributed by atoms with Crippen LogP contribution >= 0.6 is 0 Å². The molecule has 4 heterocycles. The molecule has 92 heavy (non-hydrogen) atoms. The number of benzene rings is 11. The molecule has 2 aliphatic heterocycles. The molecule has 11 aromatic carbocycles. The second-order valence-corrected chi connectivity index (χ2v) is 27.7. The molecule has 1 aliphatic carbocycles. The summed E-state index contributed by atoms with van der Waals surface area (Å²) in [6, 6.07) is 98.8. The summed E-state index contributed by atoms with van der Waals surface area (Å²) in [5, 5.41) is 2.21. The van der Waals surface area contributed by atoms with Gasteiger partial charge < -0.3 is 24.0 Å². The molecule has 0 radical (unpaired) electrons. The predicted octanol–water partition coefficient (Wildman–Crippen LogP) is 22.4. The Labute approximate surface area is 555 Å². The van der Waals surface area contributed by atoms with Gasteiger partial charge in [0.2, 0.25) is 0 Å². The van der Waals surface area contributed by atoms with E-state index in [4.69, 9.17) is 9.72 Å². The number of pyridine rings is 1. The van der Waals surface area contributed by atoms with Gasteiger partial charge in [-0.25, -0.2) is 4.98 Å². The summed E-state index contributed by atoms with van der Waals surface area (Å²) in [4.78, 5) is 12.2. The van der Waals surface area contributed by atoms with Gasteiger partial charge in [-0.3, -0.25) is 0 Å². The minimum Gasteiger partial charge on any atom is -0.509 e. The van der Waals surface area contributed by atoms with E-state index in [0.29, 0.717) is 11.5 Å². The number of ether oxygens (including phenoxy) is 1. The number of hydrogen-bond donors (Lipinski definition) is 0. The Morgan fingerprint density at radius 3 is 1.66 bits per heavy atom. The van der Waals surface area contributed by atoms with Crippen molar-refractivity contribution in [1.29, 1.82) is 0 Å². The van der Waals surface area contributed by atoms with Crippen LogP contribution in [0.15, 0.2) is 255 Å². The van der Waals surface area contributed by atoms with Crippen molar-refractivity contribution in [1.82, 2.24) is 9.55 Å². The number of para-hydroxylation sites is 7. The zero-order valence-electron chi connectivity index (χ0n) is 53.3. The van der Waals surface area contributed by atoms with Crippen molar-refractivity contribution in [3.63, 3.8) is 0 Å². The standard InChI is InChI=1S/C85H70N5O.Pt/c1-82(2,3)56-44-47-79(86-53-56)90-73-39-18-14-30-64(73)65-46-45-62(52-78(65)90)91-61-29-23-28-60(51-61)87-54-88(77-43-22-21-42-76(77)87)81-63(55-48-57(83(4,5)6)50-58(49-55)84(7,8)9)32-24-34-67(81)66-33-25-38-72-80(66)68-31-13-15-35-69(68)85(72)70-36-16-19-40-74(70)89(59-26-11-10-12-27-59)75-41-20-17-37-71(75)85;/h10-50,53-54H,1-9H3;/q-3;. The van der Waals surface area contributed by atoms with E-state index in [-0.39, 0.29) is 37.3 Å². The maximum absolute atomic E-state index is 6.86. The summed E-state index contributed by atoms with van der Waals surface area (Å²) in [5.74, 6) is 1.99. The summed E-state index contributed by atoms with van der Waals surface area (Å²) >= 11 is 0. The van der Waals surface area contributed by atoms with Gasteiger partial charge in [-0.15, -0.1) is 48.1 Å². The quantitative estimate of drug-likeness (QED) is 0.142. The van der Waals surface area contributed by atoms with Crippen LogP contribution in [0.25, 0.3) is 61.0 Å². The predicted molar refractivity (Wildman–Crippen MR) is 377 cm³/mol. The monoisotopic (exact) mass is 1370 g/mol. The molecule has 16 rings (SSSR count). The molecule has 7 heteroatoms. The summed E-state index contributed by atoms with van der Waals surface area (Å²) in [6.07, 6.45) is 1.99. The first-order valence-corrected chi connectivity index (χ1v) is 31.8. The van der Waals surface area contributed by atoms with E-state index in [1.54, 1.807) is 0 Å². The van der Waals surface area contributed by atoms with Crippen LogP contribution in [0.2, 0.25) is 0 Å². The van der Waals surface area contributed by atoms with Crippen molar-refractivity contribution in [2.75, 3.05) is 14.7 Å². The van der Waals surface area contributed by atoms with E-state index in [2.05, 4.69) is 337 Å². The van der Waals surface area contributed by atoms with Gasteiger partial charge in [-0.2, -0.15) is 12.1 Å². The van der Waals surface area contributed by atoms with Crippen LogP contribution in [-0.2, 0) is 42.7 Å². The van der Waals surface area contributed by atoms with Crippen LogP contribution in [0.4, 0.5) is 39.8 Å². The molecule has 0 unspecified atom stereocenters. The Morgan fingerprint density at radius 1 is 0.424 bits per heavy atom. The van der Waals surface area contributed by atoms with Crippen LogP contribution in [0, 0.1) is 18.8 Å². The van der Waals surface area contributed by atoms with Gasteiger partial charge in [-0.05, 0) is 131 Å². The van der Waals surface area contributed by atoms with Crippen LogP contribution in [0.3, 0.4) is 0 Å². The maximum atomic E-state index is 6.86. The normalized spacial score (nSPS) is 13.8. The van der Waals surface area contributed by atoms with E-state index in [9.17, 15) is 0 Å². The Morgan fingerprint density at radius 2 is 0.978 bits per heavy atom. The largest absolute Gasteiger partial charge is 0.509 e. The molecule has 0 amide bonds. The van der Waals surface area contributed by atoms with Gasteiger partial charge >= 0.3 is 0 Å². The molecule has 1 spiro atoms. The van der Waals surface area contributed by atoms with Gasteiger partial charge in [-0.1, -0.05) is 238 Å². The molecule has 0 atom stereocenters. The SMILES string of the molecule is CC(C)(C)c1ccc(-n2c3[c-]c(Oc4[c-]c(N5[CH-]N(c6c(-c7cc(C(C)(C)C)cc(C(C)(C)C)c7)cccc6-c6cccc7c6-c6ccccc6C76c7ccccc7N(c7ccccc7)c7ccccc76)c6ccccc65)ccc4)ccc3c3ccccc32)nc1.[Pt]. The van der Waals surface area contributed by atoms with Crippen LogP contribution in [0.1, 0.15) is 101 Å². The van der Waals surface area contributed by atoms with Crippen molar-refractivity contribution >= 4 is 61.6 Å². The molecule has 0 saturated heterocycles. The fraction of sp³-hybridized carbons (Fsp3) is 0.153. The van der Waals surface area contributed by atoms with Crippen LogP contribution in [-0.4, -0.2) is 9.55 Å². The van der Waals surface area contributed by atoms with Crippen molar-refractivity contribution < 1.29 is 25.8 Å². The van der Waals surface area contributed by atoms with E-state index in [1.165, 1.54) is 72.6 Å². The first-order valence-electron chi connectivity index (χ1n) is 31.8. The molecule has 0 fully saturated rings. The number of rotatable bonds is 8. The second-order valence-electron chi connectivity index (χ2n) is 27.7. The Bertz CT molecular complexity index is 4960. The smallest absolute Gasteiger partial charge is 0.135 e. The third-order valence-electron chi connectivity index (χ3n) is 19.0. The van der Waals surface area contributed by atoms with Crippen molar-refractivity contribution in [2.24, 2.45) is 0 Å². The zero-order valence-corrected chi connectivity index (χ0v) is 55.6. The first kappa shape index (κ1) is 58.6. The Balaban J connectivity index is 0.00000702. The van der Waals surface area contributed by atoms with Gasteiger partial charge in [0.05, 0.1) is 16.8 Å². The molecule has 2 aromatic heterocycles. The first-order chi connectivity index (χ1) is 44.0. The minimum atomic E-state index is -0.634. The molecule has 0 saturated carbocycles. The average Bonchev–Trinajstić information content (AvgIpc) is 1.45. The molecular weight excluding hydrogens is 1300 g/mol. The fourth-order valence-corrected chi connectivity index (χ4v) is 14.5. The number of nitrogens with zero attached hydrogens (tertiary/aromatic N) is 5. The topological polar surface area (TPSA) is 36.8 Å². The molecule has 454 valence electrons. The summed E-state index contributed by atoms with van der Waals surface area (Å²) in [6.45, 7) is 22.9.